The number of hydrogen-bond acceptors (Lipinski definition) is 8. The van der Waals surface area contributed by atoms with Gasteiger partial charge in [-0.2, -0.15) is 5.10 Å². The van der Waals surface area contributed by atoms with E-state index in [0.717, 1.165) is 38.8 Å². The smallest absolute Gasteiger partial charge is 0.323 e. The summed E-state index contributed by atoms with van der Waals surface area (Å²) < 4.78 is 1.24. The van der Waals surface area contributed by atoms with Crippen molar-refractivity contribution in [1.29, 1.82) is 0 Å². The van der Waals surface area contributed by atoms with Crippen LogP contribution in [0.15, 0.2) is 65.7 Å². The Morgan fingerprint density at radius 2 is 1.47 bits per heavy atom. The Kier molecular flexibility index (Phi) is 11.3. The lowest BCUT2D eigenvalue weighted by atomic mass is 9.96. The number of hydrogen-bond donors (Lipinski definition) is 5. The van der Waals surface area contributed by atoms with Gasteiger partial charge < -0.3 is 31.3 Å². The summed E-state index contributed by atoms with van der Waals surface area (Å²) >= 11 is 12.3. The maximum Gasteiger partial charge on any atom is 0.323 e. The lowest BCUT2D eigenvalue weighted by Gasteiger charge is -2.31. The molecule has 6 rings (SSSR count). The number of rotatable bonds is 11. The molecule has 1 saturated carbocycles. The first-order chi connectivity index (χ1) is 24.6. The molecule has 2 fully saturated rings. The molecule has 0 bridgehead atoms. The van der Waals surface area contributed by atoms with Crippen LogP contribution in [0.1, 0.15) is 53.3 Å². The second-order valence-corrected chi connectivity index (χ2v) is 13.4. The van der Waals surface area contributed by atoms with Gasteiger partial charge in [0.15, 0.2) is 0 Å². The van der Waals surface area contributed by atoms with Gasteiger partial charge in [0.2, 0.25) is 0 Å². The van der Waals surface area contributed by atoms with Gasteiger partial charge in [0.1, 0.15) is 5.69 Å². The Labute approximate surface area is 304 Å². The largest absolute Gasteiger partial charge is 0.395 e. The number of benzene rings is 2. The van der Waals surface area contributed by atoms with Crippen LogP contribution in [-0.4, -0.2) is 80.9 Å². The number of aliphatic hydroxyl groups is 1. The zero-order valence-electron chi connectivity index (χ0n) is 27.9. The zero-order chi connectivity index (χ0) is 36.1. The highest BCUT2D eigenvalue weighted by molar-refractivity contribution is 6.39. The number of β-amino-alcohol motifs (C(OH)–C–C–N with tert-alkyl or cyclic N) is 1. The first-order valence-electron chi connectivity index (χ1n) is 16.8. The Balaban J connectivity index is 1.28. The van der Waals surface area contributed by atoms with E-state index in [4.69, 9.17) is 23.2 Å². The number of pyridine rings is 1. The molecule has 2 aromatic heterocycles. The topological polar surface area (TPSA) is 171 Å². The first-order valence-corrected chi connectivity index (χ1v) is 17.6. The minimum atomic E-state index is -0.738. The van der Waals surface area contributed by atoms with E-state index in [-0.39, 0.29) is 58.5 Å². The van der Waals surface area contributed by atoms with E-state index < -0.39 is 11.6 Å². The fourth-order valence-corrected chi connectivity index (χ4v) is 6.37. The molecular weight excluding hydrogens is 695 g/mol. The molecule has 3 heterocycles. The number of urea groups is 1. The summed E-state index contributed by atoms with van der Waals surface area (Å²) in [7, 11) is 0. The fraction of sp³-hybridized carbons (Fsp3) is 0.333. The monoisotopic (exact) mass is 732 g/mol. The van der Waals surface area contributed by atoms with Crippen molar-refractivity contribution in [2.45, 2.75) is 51.2 Å². The molecule has 15 heteroatoms. The number of amides is 4. The molecule has 1 saturated heterocycles. The van der Waals surface area contributed by atoms with Crippen molar-refractivity contribution in [3.63, 3.8) is 0 Å². The van der Waals surface area contributed by atoms with Gasteiger partial charge in [0.05, 0.1) is 28.0 Å². The molecule has 2 aliphatic rings. The molecule has 266 valence electrons. The average molecular weight is 734 g/mol. The van der Waals surface area contributed by atoms with Crippen molar-refractivity contribution in [3.05, 3.63) is 92.5 Å². The second-order valence-electron chi connectivity index (χ2n) is 12.6. The highest BCUT2D eigenvalue weighted by atomic mass is 35.5. The molecule has 0 atom stereocenters. The van der Waals surface area contributed by atoms with Crippen LogP contribution in [0.4, 0.5) is 16.2 Å². The van der Waals surface area contributed by atoms with Crippen LogP contribution in [0, 0.1) is 0 Å². The zero-order valence-corrected chi connectivity index (χ0v) is 29.4. The molecule has 1 aliphatic carbocycles. The van der Waals surface area contributed by atoms with Crippen LogP contribution >= 0.6 is 23.2 Å². The van der Waals surface area contributed by atoms with Crippen LogP contribution in [0.5, 0.6) is 0 Å². The van der Waals surface area contributed by atoms with Gasteiger partial charge in [-0.1, -0.05) is 41.4 Å². The number of aliphatic hydroxyl groups excluding tert-OH is 1. The molecular formula is C36H38Cl2N8O5. The summed E-state index contributed by atoms with van der Waals surface area (Å²) in [6, 6.07) is 13.3. The van der Waals surface area contributed by atoms with Gasteiger partial charge in [0, 0.05) is 67.3 Å². The van der Waals surface area contributed by atoms with Gasteiger partial charge in [-0.3, -0.25) is 19.4 Å². The first kappa shape index (κ1) is 36.0. The lowest BCUT2D eigenvalue weighted by molar-refractivity contribution is 0.0903. The number of nitrogens with zero attached hydrogens (tertiary/aromatic N) is 4. The third-order valence-corrected chi connectivity index (χ3v) is 9.39. The SMILES string of the molecule is CCn1nc(-c2cccc(-c3cc(C(=O)NC4CC4)cc(C(=O)NC4CCN(CCO)CC4)c3)c2)cc(NC(=O)Nc2c(Cl)cncc2Cl)c1=O. The van der Waals surface area contributed by atoms with Crippen LogP contribution in [0.25, 0.3) is 22.4 Å². The number of aromatic nitrogens is 3. The molecule has 0 radical (unpaired) electrons. The highest BCUT2D eigenvalue weighted by Gasteiger charge is 2.26. The normalized spacial score (nSPS) is 14.9. The van der Waals surface area contributed by atoms with Crippen molar-refractivity contribution in [2.75, 3.05) is 36.9 Å². The molecule has 0 unspecified atom stereocenters. The van der Waals surface area contributed by atoms with Crippen LogP contribution in [0.2, 0.25) is 10.0 Å². The van der Waals surface area contributed by atoms with Crippen molar-refractivity contribution >= 4 is 52.4 Å². The number of aryl methyl sites for hydroxylation is 1. The van der Waals surface area contributed by atoms with E-state index in [1.54, 1.807) is 25.1 Å². The van der Waals surface area contributed by atoms with Crippen LogP contribution < -0.4 is 26.8 Å². The van der Waals surface area contributed by atoms with Gasteiger partial charge >= 0.3 is 6.03 Å². The Morgan fingerprint density at radius 1 is 0.843 bits per heavy atom. The summed E-state index contributed by atoms with van der Waals surface area (Å²) in [6.07, 6.45) is 6.04. The molecule has 0 spiro atoms. The van der Waals surface area contributed by atoms with Crippen molar-refractivity contribution in [3.8, 4) is 22.4 Å². The summed E-state index contributed by atoms with van der Waals surface area (Å²) in [4.78, 5) is 59.0. The maximum absolute atomic E-state index is 13.6. The van der Waals surface area contributed by atoms with E-state index in [1.165, 1.54) is 23.1 Å². The van der Waals surface area contributed by atoms with E-state index in [1.807, 2.05) is 24.3 Å². The fourth-order valence-electron chi connectivity index (χ4n) is 5.91. The summed E-state index contributed by atoms with van der Waals surface area (Å²) in [5, 5.41) is 25.3. The number of nitrogens with one attached hydrogen (secondary N) is 4. The molecule has 4 amide bonds. The van der Waals surface area contributed by atoms with Gasteiger partial charge in [-0.25, -0.2) is 9.48 Å². The molecule has 4 aromatic rings. The van der Waals surface area contributed by atoms with E-state index >= 15 is 0 Å². The number of piperidine rings is 1. The standard InChI is InChI=1S/C36H38Cl2N8O5/c1-2-46-35(50)31(42-36(51)43-32-28(37)19-39-20-29(32)38)18-30(44-46)22-5-3-4-21(14-22)23-15-24(33(48)40-26-6-7-26)17-25(16-23)34(49)41-27-8-10-45(11-9-27)12-13-47/h3-5,14-20,26-27,47H,2,6-13H2,1H3,(H,40,48)(H,41,49)(H2,39,42,43,51). The Hall–Kier alpha value is -4.82. The van der Waals surface area contributed by atoms with Crippen LogP contribution in [0.3, 0.4) is 0 Å². The predicted octanol–water partition coefficient (Wildman–Crippen LogP) is 5.02. The van der Waals surface area contributed by atoms with Gasteiger partial charge in [-0.15, -0.1) is 0 Å². The van der Waals surface area contributed by atoms with Crippen molar-refractivity contribution in [1.82, 2.24) is 30.3 Å². The minimum Gasteiger partial charge on any atom is -0.395 e. The summed E-state index contributed by atoms with van der Waals surface area (Å²) in [6.45, 7) is 4.27. The number of anilines is 2. The van der Waals surface area contributed by atoms with Crippen molar-refractivity contribution in [2.24, 2.45) is 0 Å². The highest BCUT2D eigenvalue weighted by Crippen LogP contribution is 2.30. The molecule has 51 heavy (non-hydrogen) atoms. The number of halogens is 2. The summed E-state index contributed by atoms with van der Waals surface area (Å²) in [5.41, 5.74) is 2.75. The molecule has 2 aromatic carbocycles. The van der Waals surface area contributed by atoms with Gasteiger partial charge in [0.25, 0.3) is 17.4 Å². The average Bonchev–Trinajstić information content (AvgIpc) is 3.95. The third-order valence-electron chi connectivity index (χ3n) is 8.81. The Bertz CT molecular complexity index is 1990. The summed E-state index contributed by atoms with van der Waals surface area (Å²) in [5.74, 6) is -0.518. The lowest BCUT2D eigenvalue weighted by Crippen LogP contribution is -2.45. The minimum absolute atomic E-state index is 0.0212. The second kappa shape index (κ2) is 16.0. The molecule has 13 nitrogen and oxygen atoms in total. The number of carbonyl (C=O) groups is 3. The predicted molar refractivity (Wildman–Crippen MR) is 196 cm³/mol. The molecule has 5 N–H and O–H groups in total. The third kappa shape index (κ3) is 8.92. The quantitative estimate of drug-likeness (QED) is 0.143. The maximum atomic E-state index is 13.6. The van der Waals surface area contributed by atoms with E-state index in [2.05, 4.69) is 36.2 Å². The number of likely N-dealkylation sites (tertiary alicyclic amines) is 1. The van der Waals surface area contributed by atoms with Crippen LogP contribution in [-0.2, 0) is 6.54 Å². The van der Waals surface area contributed by atoms with E-state index in [0.29, 0.717) is 40.1 Å². The molecule has 1 aliphatic heterocycles. The van der Waals surface area contributed by atoms with E-state index in [9.17, 15) is 24.3 Å². The van der Waals surface area contributed by atoms with Gasteiger partial charge in [-0.05, 0) is 74.1 Å². The Morgan fingerprint density at radius 3 is 2.08 bits per heavy atom. The van der Waals surface area contributed by atoms with Crippen molar-refractivity contribution < 1.29 is 19.5 Å². The number of carbonyl (C=O) groups excluding carboxylic acids is 3.